The molecule has 0 aliphatic carbocycles. The molecule has 0 aliphatic rings. The van der Waals surface area contributed by atoms with E-state index in [1.54, 1.807) is 18.2 Å². The van der Waals surface area contributed by atoms with Crippen molar-refractivity contribution in [3.8, 4) is 11.3 Å². The number of amides is 2. The lowest BCUT2D eigenvalue weighted by Gasteiger charge is -2.07. The lowest BCUT2D eigenvalue weighted by Crippen LogP contribution is -2.36. The van der Waals surface area contributed by atoms with E-state index in [4.69, 9.17) is 4.52 Å². The van der Waals surface area contributed by atoms with Crippen molar-refractivity contribution in [2.75, 3.05) is 6.54 Å². The molecule has 0 unspecified atom stereocenters. The first kappa shape index (κ1) is 18.4. The van der Waals surface area contributed by atoms with E-state index in [-0.39, 0.29) is 18.4 Å². The summed E-state index contributed by atoms with van der Waals surface area (Å²) in [6.45, 7) is 0.321. The Kier molecular flexibility index (Phi) is 5.33. The molecule has 144 valence electrons. The molecule has 1 heterocycles. The zero-order valence-corrected chi connectivity index (χ0v) is 15.6. The summed E-state index contributed by atoms with van der Waals surface area (Å²) in [6.07, 6.45) is 0. The first-order valence-corrected chi connectivity index (χ1v) is 9.24. The van der Waals surface area contributed by atoms with Gasteiger partial charge >= 0.3 is 0 Å². The van der Waals surface area contributed by atoms with Gasteiger partial charge in [0.2, 0.25) is 5.91 Å². The van der Waals surface area contributed by atoms with Gasteiger partial charge in [0.15, 0.2) is 5.76 Å². The fraction of sp³-hybridized carbons (Fsp3) is 0.0870. The Morgan fingerprint density at radius 1 is 0.862 bits per heavy atom. The highest BCUT2D eigenvalue weighted by Gasteiger charge is 2.14. The van der Waals surface area contributed by atoms with Crippen molar-refractivity contribution in [2.24, 2.45) is 0 Å². The predicted octanol–water partition coefficient (Wildman–Crippen LogP) is 3.54. The van der Waals surface area contributed by atoms with Crippen molar-refractivity contribution in [3.63, 3.8) is 0 Å². The molecule has 0 bridgehead atoms. The molecule has 0 saturated carbocycles. The third-order valence-electron chi connectivity index (χ3n) is 4.52. The molecule has 4 aromatic rings. The summed E-state index contributed by atoms with van der Waals surface area (Å²) in [5, 5.41) is 10.2. The van der Waals surface area contributed by atoms with Crippen LogP contribution in [0.1, 0.15) is 15.9 Å². The minimum absolute atomic E-state index is 0.0983. The molecule has 4 rings (SSSR count). The number of fused-ring (bicyclic) bond motifs is 1. The molecule has 2 amide bonds. The minimum atomic E-state index is -0.332. The molecule has 0 spiro atoms. The third-order valence-corrected chi connectivity index (χ3v) is 4.52. The molecule has 29 heavy (non-hydrogen) atoms. The first-order valence-electron chi connectivity index (χ1n) is 9.24. The van der Waals surface area contributed by atoms with Crippen LogP contribution in [0.4, 0.5) is 0 Å². The average Bonchev–Trinajstić information content (AvgIpc) is 3.20. The van der Waals surface area contributed by atoms with E-state index >= 15 is 0 Å². The highest BCUT2D eigenvalue weighted by molar-refractivity contribution is 6.01. The van der Waals surface area contributed by atoms with Crippen LogP contribution in [0.25, 0.3) is 22.2 Å². The Balaban J connectivity index is 1.41. The molecule has 6 nitrogen and oxygen atoms in total. The number of carbonyl (C=O) groups is 2. The second kappa shape index (κ2) is 8.39. The van der Waals surface area contributed by atoms with Crippen molar-refractivity contribution in [1.82, 2.24) is 15.8 Å². The number of aromatic nitrogens is 1. The van der Waals surface area contributed by atoms with E-state index < -0.39 is 0 Å². The maximum atomic E-state index is 12.5. The van der Waals surface area contributed by atoms with Crippen LogP contribution in [0.2, 0.25) is 0 Å². The second-order valence-corrected chi connectivity index (χ2v) is 6.55. The van der Waals surface area contributed by atoms with Gasteiger partial charge in [0.25, 0.3) is 5.91 Å². The lowest BCUT2D eigenvalue weighted by atomic mass is 10.1. The van der Waals surface area contributed by atoms with E-state index in [0.29, 0.717) is 23.4 Å². The summed E-state index contributed by atoms with van der Waals surface area (Å²) < 4.78 is 5.46. The molecule has 1 aromatic heterocycles. The maximum Gasteiger partial charge on any atom is 0.251 e. The Hall–Kier alpha value is -3.93. The molecule has 0 aliphatic heterocycles. The Labute approximate surface area is 167 Å². The van der Waals surface area contributed by atoms with E-state index in [9.17, 15) is 9.59 Å². The number of nitrogens with zero attached hydrogens (tertiary/aromatic N) is 1. The van der Waals surface area contributed by atoms with Crippen LogP contribution in [0.15, 0.2) is 83.4 Å². The Bertz CT molecular complexity index is 1140. The molecule has 0 radical (unpaired) electrons. The summed E-state index contributed by atoms with van der Waals surface area (Å²) in [4.78, 5) is 24.5. The highest BCUT2D eigenvalue weighted by atomic mass is 16.5. The SMILES string of the molecule is O=C(CNC(=O)c1ccc2noc(-c3ccccc3)c2c1)NCc1ccccc1. The number of carbonyl (C=O) groups excluding carboxylic acids is 2. The van der Waals surface area contributed by atoms with Gasteiger partial charge < -0.3 is 15.2 Å². The van der Waals surface area contributed by atoms with Gasteiger partial charge in [-0.2, -0.15) is 0 Å². The zero-order valence-electron chi connectivity index (χ0n) is 15.6. The Morgan fingerprint density at radius 3 is 2.34 bits per heavy atom. The molecule has 0 saturated heterocycles. The largest absolute Gasteiger partial charge is 0.355 e. The van der Waals surface area contributed by atoms with Gasteiger partial charge in [-0.05, 0) is 23.8 Å². The van der Waals surface area contributed by atoms with Crippen LogP contribution in [0.5, 0.6) is 0 Å². The van der Waals surface area contributed by atoms with E-state index in [2.05, 4.69) is 15.8 Å². The number of hydrogen-bond donors (Lipinski definition) is 2. The van der Waals surface area contributed by atoms with Crippen molar-refractivity contribution >= 4 is 22.7 Å². The fourth-order valence-corrected chi connectivity index (χ4v) is 3.00. The van der Waals surface area contributed by atoms with Crippen molar-refractivity contribution in [3.05, 3.63) is 90.0 Å². The van der Waals surface area contributed by atoms with Gasteiger partial charge in [0, 0.05) is 17.7 Å². The van der Waals surface area contributed by atoms with Crippen molar-refractivity contribution in [1.29, 1.82) is 0 Å². The van der Waals surface area contributed by atoms with Crippen LogP contribution in [-0.4, -0.2) is 23.5 Å². The van der Waals surface area contributed by atoms with Crippen LogP contribution in [0, 0.1) is 0 Å². The van der Waals surface area contributed by atoms with Gasteiger partial charge in [-0.25, -0.2) is 0 Å². The van der Waals surface area contributed by atoms with Gasteiger partial charge in [-0.15, -0.1) is 0 Å². The van der Waals surface area contributed by atoms with Crippen LogP contribution >= 0.6 is 0 Å². The highest BCUT2D eigenvalue weighted by Crippen LogP contribution is 2.29. The molecular formula is C23H19N3O3. The van der Waals surface area contributed by atoms with Crippen LogP contribution in [-0.2, 0) is 11.3 Å². The zero-order chi connectivity index (χ0) is 20.1. The predicted molar refractivity (Wildman–Crippen MR) is 110 cm³/mol. The van der Waals surface area contributed by atoms with Crippen LogP contribution < -0.4 is 10.6 Å². The second-order valence-electron chi connectivity index (χ2n) is 6.55. The third kappa shape index (κ3) is 4.32. The minimum Gasteiger partial charge on any atom is -0.355 e. The molecular weight excluding hydrogens is 366 g/mol. The quantitative estimate of drug-likeness (QED) is 0.532. The smallest absolute Gasteiger partial charge is 0.251 e. The molecule has 0 fully saturated rings. The normalized spacial score (nSPS) is 10.6. The summed E-state index contributed by atoms with van der Waals surface area (Å²) in [7, 11) is 0. The lowest BCUT2D eigenvalue weighted by molar-refractivity contribution is -0.120. The summed E-state index contributed by atoms with van der Waals surface area (Å²) >= 11 is 0. The monoisotopic (exact) mass is 385 g/mol. The topological polar surface area (TPSA) is 84.2 Å². The molecule has 2 N–H and O–H groups in total. The van der Waals surface area contributed by atoms with Gasteiger partial charge in [-0.3, -0.25) is 9.59 Å². The fourth-order valence-electron chi connectivity index (χ4n) is 3.00. The number of hydrogen-bond acceptors (Lipinski definition) is 4. The van der Waals surface area contributed by atoms with Crippen LogP contribution in [0.3, 0.4) is 0 Å². The van der Waals surface area contributed by atoms with E-state index in [0.717, 1.165) is 16.5 Å². The number of benzene rings is 3. The maximum absolute atomic E-state index is 12.5. The van der Waals surface area contributed by atoms with E-state index in [1.807, 2.05) is 60.7 Å². The first-order chi connectivity index (χ1) is 14.2. The number of rotatable bonds is 6. The van der Waals surface area contributed by atoms with Crippen molar-refractivity contribution < 1.29 is 14.1 Å². The van der Waals surface area contributed by atoms with E-state index in [1.165, 1.54) is 0 Å². The van der Waals surface area contributed by atoms with Crippen molar-refractivity contribution in [2.45, 2.75) is 6.54 Å². The van der Waals surface area contributed by atoms with Gasteiger partial charge in [0.05, 0.1) is 11.9 Å². The standard InChI is InChI=1S/C23H19N3O3/c27-21(24-14-16-7-3-1-4-8-16)15-25-23(28)18-11-12-20-19(13-18)22(29-26-20)17-9-5-2-6-10-17/h1-13H,14-15H2,(H,24,27)(H,25,28). The summed E-state index contributed by atoms with van der Waals surface area (Å²) in [5.74, 6) is 0.0241. The molecule has 3 aromatic carbocycles. The average molecular weight is 385 g/mol. The summed E-state index contributed by atoms with van der Waals surface area (Å²) in [6, 6.07) is 24.3. The summed E-state index contributed by atoms with van der Waals surface area (Å²) in [5.41, 5.74) is 2.99. The molecule has 0 atom stereocenters. The molecule has 6 heteroatoms. The number of nitrogens with one attached hydrogen (secondary N) is 2. The van der Waals surface area contributed by atoms with Gasteiger partial charge in [-0.1, -0.05) is 65.8 Å². The Morgan fingerprint density at radius 2 is 1.59 bits per heavy atom. The van der Waals surface area contributed by atoms with Gasteiger partial charge in [0.1, 0.15) is 5.52 Å².